The van der Waals surface area contributed by atoms with E-state index in [1.54, 1.807) is 6.92 Å². The summed E-state index contributed by atoms with van der Waals surface area (Å²) in [6, 6.07) is 5.00. The number of hydrogen-bond acceptors (Lipinski definition) is 5. The van der Waals surface area contributed by atoms with Gasteiger partial charge in [0.15, 0.2) is 0 Å². The molecule has 1 aromatic rings. The van der Waals surface area contributed by atoms with Crippen molar-refractivity contribution in [2.24, 2.45) is 0 Å². The molecule has 8 nitrogen and oxygen atoms in total. The molecule has 0 fully saturated rings. The van der Waals surface area contributed by atoms with Gasteiger partial charge in [-0.25, -0.2) is 4.79 Å². The van der Waals surface area contributed by atoms with Gasteiger partial charge < -0.3 is 15.5 Å². The lowest BCUT2D eigenvalue weighted by Gasteiger charge is -2.33. The van der Waals surface area contributed by atoms with E-state index in [4.69, 9.17) is 0 Å². The average molecular weight is 318 g/mol. The molecule has 1 atom stereocenters. The number of hydrogen-bond donors (Lipinski definition) is 3. The molecule has 1 aliphatic rings. The van der Waals surface area contributed by atoms with Crippen molar-refractivity contribution >= 4 is 17.6 Å². The van der Waals surface area contributed by atoms with Crippen LogP contribution in [0.1, 0.15) is 19.4 Å². The van der Waals surface area contributed by atoms with Crippen LogP contribution in [0.2, 0.25) is 0 Å². The topological polar surface area (TPSA) is 130 Å². The van der Waals surface area contributed by atoms with E-state index in [9.17, 15) is 29.9 Å². The highest BCUT2D eigenvalue weighted by molar-refractivity contribution is 6.03. The molecule has 0 saturated heterocycles. The van der Waals surface area contributed by atoms with E-state index in [1.807, 2.05) is 0 Å². The van der Waals surface area contributed by atoms with Gasteiger partial charge >= 0.3 is 11.9 Å². The minimum absolute atomic E-state index is 0.0109. The summed E-state index contributed by atoms with van der Waals surface area (Å²) in [4.78, 5) is 34.0. The van der Waals surface area contributed by atoms with E-state index in [2.05, 4.69) is 5.32 Å². The molecular weight excluding hydrogens is 304 g/mol. The van der Waals surface area contributed by atoms with Crippen LogP contribution in [0.25, 0.3) is 0 Å². The number of aliphatic carboxylic acids is 2. The smallest absolute Gasteiger partial charge is 0.335 e. The van der Waals surface area contributed by atoms with Gasteiger partial charge in [0.1, 0.15) is 5.41 Å². The van der Waals surface area contributed by atoms with Crippen molar-refractivity contribution < 1.29 is 24.7 Å². The largest absolute Gasteiger partial charge is 0.480 e. The average Bonchev–Trinajstić information content (AvgIpc) is 2.45. The number of nitro benzene ring substituents is 1. The zero-order valence-corrected chi connectivity index (χ0v) is 12.4. The maximum atomic E-state index is 12.0. The molecule has 0 radical (unpaired) electrons. The number of nitrogens with one attached hydrogen (secondary N) is 1. The molecule has 2 rings (SSSR count). The Morgan fingerprint density at radius 2 is 1.91 bits per heavy atom. The van der Waals surface area contributed by atoms with Gasteiger partial charge in [0, 0.05) is 23.5 Å². The SMILES string of the molecule is CC1=CC(C(=O)O)(c2cccc([N+](=O)[O-])c2)C(C(=O)O)=C(C)N1. The maximum Gasteiger partial charge on any atom is 0.335 e. The number of nitro groups is 1. The summed E-state index contributed by atoms with van der Waals surface area (Å²) in [5.41, 5.74) is -2.06. The summed E-state index contributed by atoms with van der Waals surface area (Å²) in [6.07, 6.45) is 1.25. The molecule has 0 aromatic heterocycles. The van der Waals surface area contributed by atoms with Crippen molar-refractivity contribution in [3.63, 3.8) is 0 Å². The first-order chi connectivity index (χ1) is 10.7. The molecule has 1 unspecified atom stereocenters. The molecule has 1 heterocycles. The first kappa shape index (κ1) is 16.2. The number of carboxylic acid groups (broad SMARTS) is 2. The van der Waals surface area contributed by atoms with E-state index >= 15 is 0 Å². The van der Waals surface area contributed by atoms with Gasteiger partial charge in [-0.1, -0.05) is 12.1 Å². The van der Waals surface area contributed by atoms with Gasteiger partial charge in [0.2, 0.25) is 0 Å². The van der Waals surface area contributed by atoms with Crippen molar-refractivity contribution in [3.05, 3.63) is 63.0 Å². The van der Waals surface area contributed by atoms with Crippen LogP contribution in [0.4, 0.5) is 5.69 Å². The summed E-state index contributed by atoms with van der Waals surface area (Å²) in [7, 11) is 0. The summed E-state index contributed by atoms with van der Waals surface area (Å²) >= 11 is 0. The number of rotatable bonds is 4. The highest BCUT2D eigenvalue weighted by Crippen LogP contribution is 2.40. The Hall–Kier alpha value is -3.16. The summed E-state index contributed by atoms with van der Waals surface area (Å²) in [6.45, 7) is 3.05. The van der Waals surface area contributed by atoms with E-state index < -0.39 is 22.3 Å². The zero-order valence-electron chi connectivity index (χ0n) is 12.4. The van der Waals surface area contributed by atoms with Crippen LogP contribution in [-0.4, -0.2) is 27.1 Å². The fraction of sp³-hybridized carbons (Fsp3) is 0.200. The molecule has 1 aliphatic heterocycles. The highest BCUT2D eigenvalue weighted by atomic mass is 16.6. The van der Waals surface area contributed by atoms with Gasteiger partial charge in [-0.05, 0) is 25.5 Å². The molecule has 23 heavy (non-hydrogen) atoms. The van der Waals surface area contributed by atoms with Crippen LogP contribution in [0.5, 0.6) is 0 Å². The van der Waals surface area contributed by atoms with Gasteiger partial charge in [0.05, 0.1) is 10.5 Å². The molecular formula is C15H14N2O6. The maximum absolute atomic E-state index is 12.0. The minimum Gasteiger partial charge on any atom is -0.480 e. The molecule has 0 amide bonds. The number of carboxylic acids is 2. The van der Waals surface area contributed by atoms with Gasteiger partial charge in [0.25, 0.3) is 5.69 Å². The summed E-state index contributed by atoms with van der Waals surface area (Å²) < 4.78 is 0. The third kappa shape index (κ3) is 2.54. The zero-order chi connectivity index (χ0) is 17.4. The lowest BCUT2D eigenvalue weighted by molar-refractivity contribution is -0.384. The Morgan fingerprint density at radius 1 is 1.26 bits per heavy atom. The molecule has 0 aliphatic carbocycles. The quantitative estimate of drug-likeness (QED) is 0.570. The van der Waals surface area contributed by atoms with E-state index in [0.717, 1.165) is 6.07 Å². The monoisotopic (exact) mass is 318 g/mol. The second kappa shape index (κ2) is 5.56. The van der Waals surface area contributed by atoms with Crippen LogP contribution in [0, 0.1) is 10.1 Å². The van der Waals surface area contributed by atoms with E-state index in [0.29, 0.717) is 5.70 Å². The Labute approximate surface area is 130 Å². The van der Waals surface area contributed by atoms with Crippen molar-refractivity contribution in [1.82, 2.24) is 5.32 Å². The van der Waals surface area contributed by atoms with Crippen LogP contribution in [0.15, 0.2) is 47.3 Å². The Kier molecular flexibility index (Phi) is 3.92. The van der Waals surface area contributed by atoms with Crippen molar-refractivity contribution in [1.29, 1.82) is 0 Å². The van der Waals surface area contributed by atoms with Gasteiger partial charge in [-0.15, -0.1) is 0 Å². The van der Waals surface area contributed by atoms with Crippen molar-refractivity contribution in [3.8, 4) is 0 Å². The standard InChI is InChI=1S/C15H14N2O6/c1-8-7-15(14(20)21,12(13(18)19)9(2)16-8)10-4-3-5-11(6-10)17(22)23/h3-7,16H,1-2H3,(H,18,19)(H,20,21). The second-order valence-electron chi connectivity index (χ2n) is 5.18. The van der Waals surface area contributed by atoms with Crippen LogP contribution < -0.4 is 5.32 Å². The first-order valence-electron chi connectivity index (χ1n) is 6.59. The number of non-ortho nitro benzene ring substituents is 1. The highest BCUT2D eigenvalue weighted by Gasteiger charge is 2.49. The Balaban J connectivity index is 2.84. The fourth-order valence-corrected chi connectivity index (χ4v) is 2.80. The molecule has 8 heteroatoms. The third-order valence-electron chi connectivity index (χ3n) is 3.65. The summed E-state index contributed by atoms with van der Waals surface area (Å²) in [5, 5.41) is 33.0. The molecule has 3 N–H and O–H groups in total. The van der Waals surface area contributed by atoms with Gasteiger partial charge in [-0.3, -0.25) is 14.9 Å². The number of carbonyl (C=O) groups is 2. The second-order valence-corrected chi connectivity index (χ2v) is 5.18. The lowest BCUT2D eigenvalue weighted by Crippen LogP contribution is -2.44. The lowest BCUT2D eigenvalue weighted by atomic mass is 9.71. The Morgan fingerprint density at radius 3 is 2.43 bits per heavy atom. The van der Waals surface area contributed by atoms with Crippen LogP contribution >= 0.6 is 0 Å². The minimum atomic E-state index is -2.00. The first-order valence-corrected chi connectivity index (χ1v) is 6.59. The number of dihydropyridines is 1. The van der Waals surface area contributed by atoms with E-state index in [-0.39, 0.29) is 22.5 Å². The predicted octanol–water partition coefficient (Wildman–Crippen LogP) is 1.78. The predicted molar refractivity (Wildman–Crippen MR) is 79.6 cm³/mol. The fourth-order valence-electron chi connectivity index (χ4n) is 2.80. The van der Waals surface area contributed by atoms with Gasteiger partial charge in [-0.2, -0.15) is 0 Å². The van der Waals surface area contributed by atoms with Crippen molar-refractivity contribution in [2.45, 2.75) is 19.3 Å². The molecule has 0 spiro atoms. The molecule has 120 valence electrons. The third-order valence-corrected chi connectivity index (χ3v) is 3.65. The molecule has 0 bridgehead atoms. The van der Waals surface area contributed by atoms with E-state index in [1.165, 1.54) is 31.2 Å². The van der Waals surface area contributed by atoms with Crippen LogP contribution in [-0.2, 0) is 15.0 Å². The number of allylic oxidation sites excluding steroid dienone is 2. The molecule has 0 saturated carbocycles. The van der Waals surface area contributed by atoms with Crippen LogP contribution in [0.3, 0.4) is 0 Å². The summed E-state index contributed by atoms with van der Waals surface area (Å²) in [5.74, 6) is -2.83. The number of benzene rings is 1. The Bertz CT molecular complexity index is 780. The molecule has 1 aromatic carbocycles. The number of nitrogens with zero attached hydrogens (tertiary/aromatic N) is 1. The van der Waals surface area contributed by atoms with Crippen molar-refractivity contribution in [2.75, 3.05) is 0 Å². The normalized spacial score (nSPS) is 20.5.